The summed E-state index contributed by atoms with van der Waals surface area (Å²) in [5.74, 6) is 0.141. The second-order valence-corrected chi connectivity index (χ2v) is 7.81. The number of rotatable bonds is 9. The predicted molar refractivity (Wildman–Crippen MR) is 116 cm³/mol. The Kier molecular flexibility index (Phi) is 8.75. The van der Waals surface area contributed by atoms with Gasteiger partial charge >= 0.3 is 0 Å². The number of benzene rings is 2. The molecule has 1 amide bonds. The van der Waals surface area contributed by atoms with Gasteiger partial charge in [0.2, 0.25) is 5.91 Å². The summed E-state index contributed by atoms with van der Waals surface area (Å²) in [5.41, 5.74) is 0.844. The van der Waals surface area contributed by atoms with Crippen molar-refractivity contribution in [2.24, 2.45) is 0 Å². The van der Waals surface area contributed by atoms with Gasteiger partial charge in [-0.3, -0.25) is 9.69 Å². The standard InChI is InChI=1S/C22H25Cl2FN2O3/c23-18-6-2-7-20(22(18)24)30-11-3-8-21(28)26-15-19(27-9-12-29-13-10-27)16-4-1-5-17(25)14-16/h1-2,4-7,14,19H,3,8-13,15H2,(H,26,28). The number of ether oxygens (including phenoxy) is 2. The quantitative estimate of drug-likeness (QED) is 0.567. The van der Waals surface area contributed by atoms with Crippen molar-refractivity contribution in [2.45, 2.75) is 18.9 Å². The lowest BCUT2D eigenvalue weighted by molar-refractivity contribution is -0.121. The SMILES string of the molecule is O=C(CCCOc1cccc(Cl)c1Cl)NCC(c1cccc(F)c1)N1CCOCC1. The predicted octanol–water partition coefficient (Wildman–Crippen LogP) is 4.48. The molecule has 1 aliphatic heterocycles. The van der Waals surface area contributed by atoms with E-state index in [9.17, 15) is 9.18 Å². The number of halogens is 3. The molecule has 2 aromatic rings. The molecule has 0 spiro atoms. The Bertz CT molecular complexity index is 847. The molecule has 1 atom stereocenters. The fraction of sp³-hybridized carbons (Fsp3) is 0.409. The Balaban J connectivity index is 1.48. The van der Waals surface area contributed by atoms with Gasteiger partial charge in [0.05, 0.1) is 30.9 Å². The summed E-state index contributed by atoms with van der Waals surface area (Å²) in [7, 11) is 0. The van der Waals surface area contributed by atoms with Crippen molar-refractivity contribution in [3.63, 3.8) is 0 Å². The second-order valence-electron chi connectivity index (χ2n) is 7.03. The van der Waals surface area contributed by atoms with Crippen molar-refractivity contribution in [3.8, 4) is 5.75 Å². The van der Waals surface area contributed by atoms with Crippen LogP contribution in [0.1, 0.15) is 24.4 Å². The third kappa shape index (κ3) is 6.57. The van der Waals surface area contributed by atoms with Crippen LogP contribution in [0.2, 0.25) is 10.0 Å². The molecular weight excluding hydrogens is 430 g/mol. The zero-order valence-corrected chi connectivity index (χ0v) is 18.1. The van der Waals surface area contributed by atoms with Gasteiger partial charge in [0.25, 0.3) is 0 Å². The molecule has 8 heteroatoms. The van der Waals surface area contributed by atoms with Gasteiger partial charge in [-0.25, -0.2) is 4.39 Å². The molecule has 0 saturated carbocycles. The third-order valence-corrected chi connectivity index (χ3v) is 5.74. The first kappa shape index (κ1) is 22.8. The van der Waals surface area contributed by atoms with Crippen molar-refractivity contribution in [2.75, 3.05) is 39.5 Å². The van der Waals surface area contributed by atoms with Gasteiger partial charge in [0, 0.05) is 26.1 Å². The van der Waals surface area contributed by atoms with E-state index >= 15 is 0 Å². The first-order chi connectivity index (χ1) is 14.5. The van der Waals surface area contributed by atoms with E-state index in [2.05, 4.69) is 10.2 Å². The van der Waals surface area contributed by atoms with Crippen LogP contribution in [0, 0.1) is 5.82 Å². The van der Waals surface area contributed by atoms with E-state index in [1.165, 1.54) is 12.1 Å². The molecule has 30 heavy (non-hydrogen) atoms. The Hall–Kier alpha value is -1.86. The lowest BCUT2D eigenvalue weighted by atomic mass is 10.0. The number of morpholine rings is 1. The van der Waals surface area contributed by atoms with Crippen LogP contribution >= 0.6 is 23.2 Å². The summed E-state index contributed by atoms with van der Waals surface area (Å²) < 4.78 is 24.8. The van der Waals surface area contributed by atoms with Crippen molar-refractivity contribution in [1.82, 2.24) is 10.2 Å². The van der Waals surface area contributed by atoms with Gasteiger partial charge in [0.1, 0.15) is 16.6 Å². The number of hydrogen-bond acceptors (Lipinski definition) is 4. The molecule has 1 fully saturated rings. The highest BCUT2D eigenvalue weighted by atomic mass is 35.5. The smallest absolute Gasteiger partial charge is 0.220 e. The Morgan fingerprint density at radius 2 is 1.97 bits per heavy atom. The molecule has 1 saturated heterocycles. The summed E-state index contributed by atoms with van der Waals surface area (Å²) >= 11 is 12.0. The van der Waals surface area contributed by atoms with Crippen molar-refractivity contribution in [3.05, 3.63) is 63.9 Å². The molecule has 2 aromatic carbocycles. The summed E-state index contributed by atoms with van der Waals surface area (Å²) in [6.45, 7) is 3.50. The average molecular weight is 455 g/mol. The highest BCUT2D eigenvalue weighted by Gasteiger charge is 2.23. The minimum Gasteiger partial charge on any atom is -0.492 e. The molecule has 162 valence electrons. The maximum Gasteiger partial charge on any atom is 0.220 e. The second kappa shape index (κ2) is 11.5. The van der Waals surface area contributed by atoms with E-state index in [4.69, 9.17) is 32.7 Å². The van der Waals surface area contributed by atoms with Gasteiger partial charge in [-0.1, -0.05) is 41.4 Å². The Morgan fingerprint density at radius 1 is 1.20 bits per heavy atom. The molecule has 1 aliphatic rings. The number of nitrogens with zero attached hydrogens (tertiary/aromatic N) is 1. The molecule has 3 rings (SSSR count). The van der Waals surface area contributed by atoms with Gasteiger partial charge in [-0.15, -0.1) is 0 Å². The van der Waals surface area contributed by atoms with Crippen LogP contribution < -0.4 is 10.1 Å². The van der Waals surface area contributed by atoms with Crippen LogP contribution in [0.4, 0.5) is 4.39 Å². The van der Waals surface area contributed by atoms with Crippen LogP contribution in [0.15, 0.2) is 42.5 Å². The number of amides is 1. The normalized spacial score (nSPS) is 15.6. The molecule has 0 aliphatic carbocycles. The van der Waals surface area contributed by atoms with Crippen LogP contribution in [0.5, 0.6) is 5.75 Å². The zero-order chi connectivity index (χ0) is 21.3. The maximum atomic E-state index is 13.7. The monoisotopic (exact) mass is 454 g/mol. The molecule has 1 unspecified atom stereocenters. The molecular formula is C22H25Cl2FN2O3. The minimum absolute atomic E-state index is 0.0783. The van der Waals surface area contributed by atoms with Crippen LogP contribution in [0.25, 0.3) is 0 Å². The van der Waals surface area contributed by atoms with E-state index in [-0.39, 0.29) is 17.8 Å². The minimum atomic E-state index is -0.283. The Labute approximate surface area is 186 Å². The first-order valence-electron chi connectivity index (χ1n) is 9.95. The first-order valence-corrected chi connectivity index (χ1v) is 10.7. The lowest BCUT2D eigenvalue weighted by Gasteiger charge is -2.35. The summed E-state index contributed by atoms with van der Waals surface area (Å²) in [5, 5.41) is 3.77. The summed E-state index contributed by atoms with van der Waals surface area (Å²) in [4.78, 5) is 14.5. The molecule has 0 aromatic heterocycles. The van der Waals surface area contributed by atoms with Crippen LogP contribution in [-0.2, 0) is 9.53 Å². The van der Waals surface area contributed by atoms with Gasteiger partial charge in [0.15, 0.2) is 0 Å². The third-order valence-electron chi connectivity index (χ3n) is 4.93. The van der Waals surface area contributed by atoms with Gasteiger partial charge in [-0.05, 0) is 36.2 Å². The summed E-state index contributed by atoms with van der Waals surface area (Å²) in [6.07, 6.45) is 0.855. The molecule has 1 N–H and O–H groups in total. The largest absolute Gasteiger partial charge is 0.492 e. The topological polar surface area (TPSA) is 50.8 Å². The van der Waals surface area contributed by atoms with Crippen molar-refractivity contribution in [1.29, 1.82) is 0 Å². The van der Waals surface area contributed by atoms with Crippen LogP contribution in [-0.4, -0.2) is 50.3 Å². The average Bonchev–Trinajstić information content (AvgIpc) is 2.75. The highest BCUT2D eigenvalue weighted by molar-refractivity contribution is 6.42. The highest BCUT2D eigenvalue weighted by Crippen LogP contribution is 2.31. The number of nitrogens with one attached hydrogen (secondary N) is 1. The van der Waals surface area contributed by atoms with Crippen molar-refractivity contribution >= 4 is 29.1 Å². The fourth-order valence-corrected chi connectivity index (χ4v) is 3.72. The van der Waals surface area contributed by atoms with E-state index in [1.807, 2.05) is 6.07 Å². The zero-order valence-electron chi connectivity index (χ0n) is 16.6. The van der Waals surface area contributed by atoms with E-state index in [0.29, 0.717) is 55.0 Å². The molecule has 1 heterocycles. The fourth-order valence-electron chi connectivity index (χ4n) is 3.37. The van der Waals surface area contributed by atoms with Crippen molar-refractivity contribution < 1.29 is 18.7 Å². The number of hydrogen-bond donors (Lipinski definition) is 1. The van der Waals surface area contributed by atoms with Gasteiger partial charge in [-0.2, -0.15) is 0 Å². The van der Waals surface area contributed by atoms with E-state index < -0.39 is 0 Å². The van der Waals surface area contributed by atoms with E-state index in [0.717, 1.165) is 18.7 Å². The molecule has 0 bridgehead atoms. The van der Waals surface area contributed by atoms with Gasteiger partial charge < -0.3 is 14.8 Å². The Morgan fingerprint density at radius 3 is 2.73 bits per heavy atom. The summed E-state index contributed by atoms with van der Waals surface area (Å²) in [6, 6.07) is 11.6. The molecule has 0 radical (unpaired) electrons. The molecule has 5 nitrogen and oxygen atoms in total. The number of carbonyl (C=O) groups is 1. The van der Waals surface area contributed by atoms with Crippen LogP contribution in [0.3, 0.4) is 0 Å². The lowest BCUT2D eigenvalue weighted by Crippen LogP contribution is -2.43. The maximum absolute atomic E-state index is 13.7. The van der Waals surface area contributed by atoms with E-state index in [1.54, 1.807) is 24.3 Å². The number of carbonyl (C=O) groups excluding carboxylic acids is 1.